The highest BCUT2D eigenvalue weighted by molar-refractivity contribution is 7.99. The number of benzene rings is 1. The number of carbonyl (C=O) groups is 2. The summed E-state index contributed by atoms with van der Waals surface area (Å²) in [5, 5.41) is 36.2. The second-order valence-electron chi connectivity index (χ2n) is 8.46. The first-order chi connectivity index (χ1) is 15.0. The molecule has 9 nitrogen and oxygen atoms in total. The van der Waals surface area contributed by atoms with E-state index in [1.165, 1.54) is 24.9 Å². The summed E-state index contributed by atoms with van der Waals surface area (Å²) in [6.07, 6.45) is -3.27. The Morgan fingerprint density at radius 1 is 1.31 bits per heavy atom. The molecule has 32 heavy (non-hydrogen) atoms. The van der Waals surface area contributed by atoms with Gasteiger partial charge in [0.1, 0.15) is 30.1 Å². The monoisotopic (exact) mass is 486 g/mol. The summed E-state index contributed by atoms with van der Waals surface area (Å²) in [6, 6.07) is 4.38. The number of para-hydroxylation sites is 1. The van der Waals surface area contributed by atoms with E-state index in [2.05, 4.69) is 20.1 Å². The van der Waals surface area contributed by atoms with Crippen LogP contribution in [0, 0.1) is 5.41 Å². The number of rotatable bonds is 8. The lowest BCUT2D eigenvalue weighted by atomic mass is 9.94. The summed E-state index contributed by atoms with van der Waals surface area (Å²) in [5.41, 5.74) is 0.259. The number of anilines is 1. The van der Waals surface area contributed by atoms with Gasteiger partial charge in [-0.05, 0) is 17.5 Å². The molecular formula is C21H31N2O7PS. The number of allylic oxidation sites excluding steroid dienone is 1. The molecule has 2 unspecified atom stereocenters. The average Bonchev–Trinajstić information content (AvgIpc) is 2.89. The first-order valence-corrected chi connectivity index (χ1v) is 11.4. The SMILES string of the molecule is CO[C@@H](C(=O)NC1CSc2cccc(OP)c2NC1=O)[C@H](O)[C@@H](O)[C@H](O)/C=C/C(C)(C)C. The van der Waals surface area contributed by atoms with E-state index >= 15 is 0 Å². The highest BCUT2D eigenvalue weighted by Crippen LogP contribution is 2.38. The predicted octanol–water partition coefficient (Wildman–Crippen LogP) is 1.08. The number of hydrogen-bond donors (Lipinski definition) is 5. The third-order valence-corrected chi connectivity index (χ3v) is 6.12. The summed E-state index contributed by atoms with van der Waals surface area (Å²) in [4.78, 5) is 26.2. The minimum atomic E-state index is -1.73. The molecule has 2 rings (SSSR count). The maximum atomic E-state index is 12.8. The van der Waals surface area contributed by atoms with Crippen molar-refractivity contribution in [3.8, 4) is 5.75 Å². The van der Waals surface area contributed by atoms with E-state index in [9.17, 15) is 24.9 Å². The minimum absolute atomic E-state index is 0.233. The van der Waals surface area contributed by atoms with Crippen LogP contribution in [0.25, 0.3) is 0 Å². The van der Waals surface area contributed by atoms with Gasteiger partial charge in [0.15, 0.2) is 6.10 Å². The van der Waals surface area contributed by atoms with Crippen LogP contribution in [0.3, 0.4) is 0 Å². The first-order valence-electron chi connectivity index (χ1n) is 9.98. The van der Waals surface area contributed by atoms with Crippen LogP contribution >= 0.6 is 21.2 Å². The van der Waals surface area contributed by atoms with E-state index in [0.717, 1.165) is 4.90 Å². The van der Waals surface area contributed by atoms with Crippen LogP contribution in [-0.2, 0) is 14.3 Å². The molecule has 1 aromatic carbocycles. The van der Waals surface area contributed by atoms with Crippen LogP contribution < -0.4 is 15.2 Å². The fraction of sp³-hybridized carbons (Fsp3) is 0.524. The van der Waals surface area contributed by atoms with Gasteiger partial charge in [0.2, 0.25) is 5.91 Å². The van der Waals surface area contributed by atoms with E-state index in [4.69, 9.17) is 9.26 Å². The van der Waals surface area contributed by atoms with E-state index in [0.29, 0.717) is 11.4 Å². The normalized spacial score (nSPS) is 20.5. The van der Waals surface area contributed by atoms with Gasteiger partial charge in [0.05, 0.1) is 15.2 Å². The topological polar surface area (TPSA) is 137 Å². The van der Waals surface area contributed by atoms with Crippen LogP contribution in [0.2, 0.25) is 0 Å². The Balaban J connectivity index is 2.08. The second kappa shape index (κ2) is 11.4. The summed E-state index contributed by atoms with van der Waals surface area (Å²) < 4.78 is 10.3. The van der Waals surface area contributed by atoms with Crippen LogP contribution in [0.15, 0.2) is 35.2 Å². The number of nitrogens with one attached hydrogen (secondary N) is 2. The van der Waals surface area contributed by atoms with Crippen LogP contribution in [0.4, 0.5) is 5.69 Å². The van der Waals surface area contributed by atoms with Gasteiger partial charge in [-0.25, -0.2) is 0 Å². The number of aliphatic hydroxyl groups is 3. The number of aliphatic hydroxyl groups excluding tert-OH is 3. The summed E-state index contributed by atoms with van der Waals surface area (Å²) in [7, 11) is 3.32. The molecule has 0 radical (unpaired) electrons. The molecule has 2 amide bonds. The molecule has 1 aliphatic rings. The van der Waals surface area contributed by atoms with E-state index < -0.39 is 42.3 Å². The molecule has 0 aromatic heterocycles. The Bertz CT molecular complexity index is 846. The number of ether oxygens (including phenoxy) is 1. The zero-order chi connectivity index (χ0) is 24.1. The lowest BCUT2D eigenvalue weighted by Crippen LogP contribution is -2.55. The van der Waals surface area contributed by atoms with Crippen LogP contribution in [0.5, 0.6) is 5.75 Å². The molecule has 0 spiro atoms. The molecule has 5 N–H and O–H groups in total. The standard InChI is InChI=1S/C21H31N2O7PS/c1-21(2,3)9-8-12(24)16(25)17(26)18(29-4)20(28)22-11-10-32-14-7-5-6-13(30-31)15(14)23-19(11)27/h5-9,11-12,16-18,24-26H,10,31H2,1-4H3,(H,22,28)(H,23,27)/b9-8+/t11?,12-,16+,17-,18-/m1/s1. The highest BCUT2D eigenvalue weighted by atomic mass is 32.2. The third-order valence-electron chi connectivity index (χ3n) is 4.72. The van der Waals surface area contributed by atoms with Gasteiger partial charge in [-0.2, -0.15) is 0 Å². The van der Waals surface area contributed by atoms with E-state index in [1.807, 2.05) is 26.8 Å². The molecule has 1 aromatic rings. The van der Waals surface area contributed by atoms with Crippen molar-refractivity contribution in [1.29, 1.82) is 0 Å². The molecule has 0 saturated heterocycles. The van der Waals surface area contributed by atoms with Crippen molar-refractivity contribution in [2.24, 2.45) is 5.41 Å². The molecule has 6 atom stereocenters. The lowest BCUT2D eigenvalue weighted by Gasteiger charge is -2.28. The Morgan fingerprint density at radius 2 is 2.00 bits per heavy atom. The van der Waals surface area contributed by atoms with Crippen molar-refractivity contribution in [3.63, 3.8) is 0 Å². The Labute approximate surface area is 194 Å². The maximum absolute atomic E-state index is 12.8. The van der Waals surface area contributed by atoms with Gasteiger partial charge >= 0.3 is 0 Å². The largest absolute Gasteiger partial charge is 0.478 e. The summed E-state index contributed by atoms with van der Waals surface area (Å²) in [6.45, 7) is 5.73. The number of fused-ring (bicyclic) bond motifs is 1. The van der Waals surface area contributed by atoms with Crippen molar-refractivity contribution in [2.75, 3.05) is 18.2 Å². The molecule has 11 heteroatoms. The molecule has 1 aliphatic heterocycles. The van der Waals surface area contributed by atoms with Crippen LogP contribution in [-0.4, -0.2) is 70.5 Å². The average molecular weight is 487 g/mol. The number of carbonyl (C=O) groups excluding carboxylic acids is 2. The van der Waals surface area contributed by atoms with Gasteiger partial charge in [-0.15, -0.1) is 11.8 Å². The van der Waals surface area contributed by atoms with Crippen molar-refractivity contribution < 1.29 is 34.2 Å². The number of hydrogen-bond acceptors (Lipinski definition) is 8. The van der Waals surface area contributed by atoms with Gasteiger partial charge in [-0.3, -0.25) is 9.59 Å². The van der Waals surface area contributed by atoms with Crippen molar-refractivity contribution in [3.05, 3.63) is 30.4 Å². The third kappa shape index (κ3) is 6.91. The smallest absolute Gasteiger partial charge is 0.252 e. The summed E-state index contributed by atoms with van der Waals surface area (Å²) in [5.74, 6) is -0.556. The van der Waals surface area contributed by atoms with Crippen molar-refractivity contribution in [1.82, 2.24) is 5.32 Å². The highest BCUT2D eigenvalue weighted by Gasteiger charge is 2.37. The Hall–Kier alpha value is -1.68. The first kappa shape index (κ1) is 26.6. The molecule has 0 bridgehead atoms. The van der Waals surface area contributed by atoms with Gasteiger partial charge in [-0.1, -0.05) is 39.0 Å². The molecular weight excluding hydrogens is 455 g/mol. The van der Waals surface area contributed by atoms with Crippen LogP contribution in [0.1, 0.15) is 20.8 Å². The number of methoxy groups -OCH3 is 1. The maximum Gasteiger partial charge on any atom is 0.252 e. The quantitative estimate of drug-likeness (QED) is 0.272. The van der Waals surface area contributed by atoms with Gasteiger partial charge in [0.25, 0.3) is 5.91 Å². The molecule has 0 saturated carbocycles. The zero-order valence-electron chi connectivity index (χ0n) is 18.4. The van der Waals surface area contributed by atoms with Gasteiger partial charge in [0, 0.05) is 17.8 Å². The number of thioether (sulfide) groups is 1. The molecule has 1 heterocycles. The second-order valence-corrected chi connectivity index (χ2v) is 9.76. The Morgan fingerprint density at radius 3 is 2.59 bits per heavy atom. The fourth-order valence-electron chi connectivity index (χ4n) is 2.96. The Kier molecular flexibility index (Phi) is 9.51. The van der Waals surface area contributed by atoms with Gasteiger partial charge < -0.3 is 35.2 Å². The van der Waals surface area contributed by atoms with Crippen molar-refractivity contribution in [2.45, 2.75) is 56.1 Å². The lowest BCUT2D eigenvalue weighted by molar-refractivity contribution is -0.150. The minimum Gasteiger partial charge on any atom is -0.478 e. The van der Waals surface area contributed by atoms with Crippen molar-refractivity contribution >= 4 is 38.7 Å². The zero-order valence-corrected chi connectivity index (χ0v) is 20.4. The predicted molar refractivity (Wildman–Crippen MR) is 125 cm³/mol. The van der Waals surface area contributed by atoms with E-state index in [-0.39, 0.29) is 11.2 Å². The molecule has 0 fully saturated rings. The summed E-state index contributed by atoms with van der Waals surface area (Å²) >= 11 is 1.35. The molecule has 0 aliphatic carbocycles. The number of amides is 2. The molecule has 178 valence electrons. The van der Waals surface area contributed by atoms with E-state index in [1.54, 1.807) is 18.2 Å². The fourth-order valence-corrected chi connectivity index (χ4v) is 4.20.